The van der Waals surface area contributed by atoms with E-state index in [2.05, 4.69) is 53.1 Å². The van der Waals surface area contributed by atoms with Crippen LogP contribution in [0.2, 0.25) is 0 Å². The van der Waals surface area contributed by atoms with Crippen molar-refractivity contribution in [1.29, 1.82) is 0 Å². The van der Waals surface area contributed by atoms with Gasteiger partial charge < -0.3 is 9.64 Å². The maximum atomic E-state index is 13.4. The van der Waals surface area contributed by atoms with Gasteiger partial charge >= 0.3 is 23.1 Å². The molecule has 0 radical (unpaired) electrons. The molecule has 0 bridgehead atoms. The molecule has 126 valence electrons. The van der Waals surface area contributed by atoms with Gasteiger partial charge in [-0.1, -0.05) is 34.1 Å². The fraction of sp³-hybridized carbons (Fsp3) is 0.368. The summed E-state index contributed by atoms with van der Waals surface area (Å²) in [6, 6.07) is 13.0. The molecule has 24 heavy (non-hydrogen) atoms. The number of fused-ring (bicyclic) bond motifs is 1. The van der Waals surface area contributed by atoms with Gasteiger partial charge in [-0.15, -0.1) is 0 Å². The summed E-state index contributed by atoms with van der Waals surface area (Å²) in [7, 11) is 4.15. The van der Waals surface area contributed by atoms with Crippen LogP contribution in [0, 0.1) is 5.82 Å². The molecule has 2 aromatic carbocycles. The first kappa shape index (κ1) is 19.9. The van der Waals surface area contributed by atoms with Crippen LogP contribution in [0.1, 0.15) is 29.5 Å². The van der Waals surface area contributed by atoms with Crippen molar-refractivity contribution in [2.45, 2.75) is 25.0 Å². The van der Waals surface area contributed by atoms with Crippen LogP contribution in [0.25, 0.3) is 0 Å². The van der Waals surface area contributed by atoms with Crippen molar-refractivity contribution in [2.24, 2.45) is 0 Å². The van der Waals surface area contributed by atoms with Crippen LogP contribution < -0.4 is 0 Å². The number of hydrogen-bond donors (Lipinski definition) is 0. The molecule has 1 atom stereocenters. The summed E-state index contributed by atoms with van der Waals surface area (Å²) in [4.78, 5) is 2.18. The van der Waals surface area contributed by atoms with Crippen LogP contribution in [-0.4, -0.2) is 48.6 Å². The van der Waals surface area contributed by atoms with Gasteiger partial charge in [0, 0.05) is 4.47 Å². The van der Waals surface area contributed by atoms with Crippen molar-refractivity contribution in [1.82, 2.24) is 4.90 Å². The van der Waals surface area contributed by atoms with E-state index in [1.54, 1.807) is 0 Å². The predicted octanol–water partition coefficient (Wildman–Crippen LogP) is 3.79. The van der Waals surface area contributed by atoms with E-state index < -0.39 is 5.60 Å². The van der Waals surface area contributed by atoms with E-state index in [1.165, 1.54) is 23.3 Å². The normalized spacial score (nSPS) is 19.2. The van der Waals surface area contributed by atoms with E-state index in [-0.39, 0.29) is 28.9 Å². The van der Waals surface area contributed by atoms with E-state index in [4.69, 9.17) is 4.74 Å². The molecule has 0 N–H and O–H groups in total. The predicted molar refractivity (Wildman–Crippen MR) is 102 cm³/mol. The number of rotatable bonds is 5. The molecule has 3 rings (SSSR count). The standard InChI is InChI=1S/C19H21BrFNO.Mg.2H/c1-22(2)11-3-10-19(15-4-7-17(21)8-5-15)18-9-6-16(20)12-14(18)13-23-19;;;/h4-9,12H,3,10-11,13H2,1-2H3;;;. The van der Waals surface area contributed by atoms with Gasteiger partial charge in [-0.05, 0) is 74.4 Å². The van der Waals surface area contributed by atoms with Gasteiger partial charge in [-0.2, -0.15) is 0 Å². The highest BCUT2D eigenvalue weighted by Gasteiger charge is 2.41. The minimum Gasteiger partial charge on any atom is -0.361 e. The lowest BCUT2D eigenvalue weighted by Gasteiger charge is -2.31. The summed E-state index contributed by atoms with van der Waals surface area (Å²) in [5.41, 5.74) is 2.96. The molecule has 0 aliphatic carbocycles. The first-order valence-electron chi connectivity index (χ1n) is 7.85. The minimum absolute atomic E-state index is 0. The monoisotopic (exact) mass is 403 g/mol. The third kappa shape index (κ3) is 4.02. The molecule has 2 nitrogen and oxygen atoms in total. The Bertz CT molecular complexity index is 692. The van der Waals surface area contributed by atoms with Crippen molar-refractivity contribution in [3.8, 4) is 0 Å². The third-order valence-electron chi connectivity index (χ3n) is 4.42. The third-order valence-corrected chi connectivity index (χ3v) is 4.91. The fourth-order valence-electron chi connectivity index (χ4n) is 3.31. The van der Waals surface area contributed by atoms with E-state index >= 15 is 0 Å². The highest BCUT2D eigenvalue weighted by atomic mass is 79.9. The Kier molecular flexibility index (Phi) is 6.85. The summed E-state index contributed by atoms with van der Waals surface area (Å²) >= 11 is 3.53. The lowest BCUT2D eigenvalue weighted by atomic mass is 9.82. The molecule has 0 spiro atoms. The van der Waals surface area contributed by atoms with Crippen LogP contribution in [0.3, 0.4) is 0 Å². The number of benzene rings is 2. The summed E-state index contributed by atoms with van der Waals surface area (Å²) in [6.45, 7) is 1.59. The van der Waals surface area contributed by atoms with Gasteiger partial charge in [0.2, 0.25) is 0 Å². The summed E-state index contributed by atoms with van der Waals surface area (Å²) in [6.07, 6.45) is 1.89. The van der Waals surface area contributed by atoms with Crippen molar-refractivity contribution in [2.75, 3.05) is 20.6 Å². The molecular weight excluding hydrogens is 381 g/mol. The van der Waals surface area contributed by atoms with E-state index in [9.17, 15) is 4.39 Å². The number of nitrogens with zero attached hydrogens (tertiary/aromatic N) is 1. The second kappa shape index (κ2) is 8.28. The number of halogens is 2. The largest absolute Gasteiger partial charge is 0.361 e. The molecule has 0 fully saturated rings. The Balaban J connectivity index is 0.00000208. The average Bonchev–Trinajstić information content (AvgIpc) is 2.87. The van der Waals surface area contributed by atoms with Crippen LogP contribution in [-0.2, 0) is 16.9 Å². The molecule has 1 unspecified atom stereocenters. The molecule has 0 aromatic heterocycles. The maximum Gasteiger partial charge on any atom is 0.316 e. The summed E-state index contributed by atoms with van der Waals surface area (Å²) in [5.74, 6) is -0.216. The first-order valence-corrected chi connectivity index (χ1v) is 8.64. The van der Waals surface area contributed by atoms with Crippen LogP contribution in [0.4, 0.5) is 4.39 Å². The first-order chi connectivity index (χ1) is 11.0. The van der Waals surface area contributed by atoms with Gasteiger partial charge in [0.05, 0.1) is 6.61 Å². The Morgan fingerprint density at radius 2 is 1.88 bits per heavy atom. The van der Waals surface area contributed by atoms with Gasteiger partial charge in [0.15, 0.2) is 0 Å². The second-order valence-corrected chi connectivity index (χ2v) is 7.25. The van der Waals surface area contributed by atoms with Crippen molar-refractivity contribution < 1.29 is 9.13 Å². The van der Waals surface area contributed by atoms with Gasteiger partial charge in [-0.25, -0.2) is 4.39 Å². The van der Waals surface area contributed by atoms with Gasteiger partial charge in [0.1, 0.15) is 11.4 Å². The second-order valence-electron chi connectivity index (χ2n) is 6.33. The molecular formula is C19H23BrFMgNO. The smallest absolute Gasteiger partial charge is 0.316 e. The molecule has 0 saturated heterocycles. The van der Waals surface area contributed by atoms with Crippen LogP contribution >= 0.6 is 15.9 Å². The SMILES string of the molecule is CN(C)CCCC1(c2ccc(F)cc2)OCc2cc(Br)ccc21.[MgH2]. The van der Waals surface area contributed by atoms with E-state index in [0.29, 0.717) is 6.61 Å². The highest BCUT2D eigenvalue weighted by Crippen LogP contribution is 2.45. The van der Waals surface area contributed by atoms with Gasteiger partial charge in [-0.3, -0.25) is 0 Å². The Morgan fingerprint density at radius 3 is 2.54 bits per heavy atom. The summed E-state index contributed by atoms with van der Waals surface area (Å²) < 4.78 is 20.7. The number of ether oxygens (including phenoxy) is 1. The average molecular weight is 405 g/mol. The minimum atomic E-state index is -0.472. The van der Waals surface area contributed by atoms with Crippen LogP contribution in [0.5, 0.6) is 0 Å². The Hall–Kier alpha value is -0.464. The molecule has 2 aromatic rings. The topological polar surface area (TPSA) is 12.5 Å². The van der Waals surface area contributed by atoms with E-state index in [0.717, 1.165) is 29.4 Å². The summed E-state index contributed by atoms with van der Waals surface area (Å²) in [5, 5.41) is 0. The molecule has 1 aliphatic heterocycles. The lowest BCUT2D eigenvalue weighted by molar-refractivity contribution is -0.0140. The zero-order chi connectivity index (χ0) is 16.4. The fourth-order valence-corrected chi connectivity index (χ4v) is 3.72. The van der Waals surface area contributed by atoms with Gasteiger partial charge in [0.25, 0.3) is 0 Å². The molecule has 0 amide bonds. The molecule has 1 aliphatic rings. The van der Waals surface area contributed by atoms with Crippen molar-refractivity contribution >= 4 is 39.0 Å². The molecule has 1 heterocycles. The Morgan fingerprint density at radius 1 is 1.17 bits per heavy atom. The van der Waals surface area contributed by atoms with Crippen molar-refractivity contribution in [3.63, 3.8) is 0 Å². The lowest BCUT2D eigenvalue weighted by Crippen LogP contribution is -2.28. The zero-order valence-electron chi connectivity index (χ0n) is 13.5. The number of hydrogen-bond acceptors (Lipinski definition) is 2. The van der Waals surface area contributed by atoms with Crippen LogP contribution in [0.15, 0.2) is 46.9 Å². The maximum absolute atomic E-state index is 13.4. The molecule has 5 heteroatoms. The van der Waals surface area contributed by atoms with E-state index in [1.807, 2.05) is 12.1 Å². The quantitative estimate of drug-likeness (QED) is 0.703. The Labute approximate surface area is 167 Å². The van der Waals surface area contributed by atoms with Crippen molar-refractivity contribution in [3.05, 3.63) is 69.4 Å². The highest BCUT2D eigenvalue weighted by molar-refractivity contribution is 9.10. The zero-order valence-corrected chi connectivity index (χ0v) is 15.1. The molecule has 0 saturated carbocycles.